The van der Waals surface area contributed by atoms with E-state index in [4.69, 9.17) is 0 Å². The van der Waals surface area contributed by atoms with Crippen LogP contribution in [-0.4, -0.2) is 29.5 Å². The van der Waals surface area contributed by atoms with Gasteiger partial charge in [0.1, 0.15) is 0 Å². The minimum Gasteiger partial charge on any atom is -0.384 e. The third-order valence-electron chi connectivity index (χ3n) is 3.17. The molecule has 0 unspecified atom stereocenters. The maximum atomic E-state index is 12.7. The van der Waals surface area contributed by atoms with Gasteiger partial charge in [-0.05, 0) is 31.5 Å². The van der Waals surface area contributed by atoms with E-state index in [-0.39, 0.29) is 5.91 Å². The molecule has 2 rings (SSSR count). The van der Waals surface area contributed by atoms with Gasteiger partial charge in [-0.1, -0.05) is 6.92 Å². The third kappa shape index (κ3) is 3.56. The smallest absolute Gasteiger partial charge is 0.261 e. The molecule has 0 saturated heterocycles. The lowest BCUT2D eigenvalue weighted by atomic mass is 10.1. The molecule has 1 N–H and O–H groups in total. The Labute approximate surface area is 125 Å². The van der Waals surface area contributed by atoms with Crippen LogP contribution in [0.3, 0.4) is 0 Å². The molecule has 0 aromatic carbocycles. The maximum absolute atomic E-state index is 12.7. The van der Waals surface area contributed by atoms with Crippen LogP contribution in [0.4, 0.5) is 11.4 Å². The Morgan fingerprint density at radius 3 is 2.86 bits per heavy atom. The van der Waals surface area contributed by atoms with Gasteiger partial charge in [-0.2, -0.15) is 0 Å². The van der Waals surface area contributed by atoms with E-state index in [9.17, 15) is 4.79 Å². The van der Waals surface area contributed by atoms with Crippen LogP contribution in [0.1, 0.15) is 29.4 Å². The lowest BCUT2D eigenvalue weighted by molar-refractivity contribution is 0.0993. The first-order valence-electron chi connectivity index (χ1n) is 7.02. The summed E-state index contributed by atoms with van der Waals surface area (Å²) in [5.74, 6) is -0.103. The molecule has 0 bridgehead atoms. The fourth-order valence-corrected chi connectivity index (χ4v) is 1.99. The standard InChI is InChI=1S/C16H20N4O/c1-4-7-18-15-9-12(2)19-11-14(15)16(21)20(3)13-6-5-8-17-10-13/h5-6,8-11H,4,7H2,1-3H3,(H,18,19). The molecule has 0 saturated carbocycles. The van der Waals surface area contributed by atoms with Crippen LogP contribution in [0.25, 0.3) is 0 Å². The minimum atomic E-state index is -0.103. The van der Waals surface area contributed by atoms with Crippen molar-refractivity contribution in [1.29, 1.82) is 0 Å². The molecule has 5 heteroatoms. The molecule has 0 aliphatic heterocycles. The monoisotopic (exact) mass is 284 g/mol. The molecule has 2 heterocycles. The van der Waals surface area contributed by atoms with Crippen LogP contribution in [0.2, 0.25) is 0 Å². The number of pyridine rings is 2. The number of aryl methyl sites for hydroxylation is 1. The van der Waals surface area contributed by atoms with Crippen molar-refractivity contribution in [1.82, 2.24) is 9.97 Å². The third-order valence-corrected chi connectivity index (χ3v) is 3.17. The van der Waals surface area contributed by atoms with E-state index in [1.54, 1.807) is 30.5 Å². The second kappa shape index (κ2) is 6.83. The number of aromatic nitrogens is 2. The van der Waals surface area contributed by atoms with E-state index in [0.29, 0.717) is 5.56 Å². The molecule has 0 aliphatic carbocycles. The molecule has 0 aliphatic rings. The quantitative estimate of drug-likeness (QED) is 0.917. The van der Waals surface area contributed by atoms with Crippen molar-refractivity contribution in [2.24, 2.45) is 0 Å². The van der Waals surface area contributed by atoms with Gasteiger partial charge in [-0.3, -0.25) is 14.8 Å². The first-order chi connectivity index (χ1) is 10.1. The predicted molar refractivity (Wildman–Crippen MR) is 84.7 cm³/mol. The topological polar surface area (TPSA) is 58.1 Å². The van der Waals surface area contributed by atoms with Crippen molar-refractivity contribution in [3.05, 3.63) is 48.0 Å². The van der Waals surface area contributed by atoms with Gasteiger partial charge in [0.2, 0.25) is 0 Å². The molecule has 21 heavy (non-hydrogen) atoms. The van der Waals surface area contributed by atoms with Crippen LogP contribution in [0.5, 0.6) is 0 Å². The van der Waals surface area contributed by atoms with E-state index in [1.807, 2.05) is 25.1 Å². The highest BCUT2D eigenvalue weighted by atomic mass is 16.2. The van der Waals surface area contributed by atoms with Crippen molar-refractivity contribution in [3.8, 4) is 0 Å². The number of nitrogens with zero attached hydrogens (tertiary/aromatic N) is 3. The molecule has 0 fully saturated rings. The average Bonchev–Trinajstić information content (AvgIpc) is 2.52. The first kappa shape index (κ1) is 15.0. The zero-order valence-corrected chi connectivity index (χ0v) is 12.6. The number of anilines is 2. The number of nitrogens with one attached hydrogen (secondary N) is 1. The molecule has 0 atom stereocenters. The fourth-order valence-electron chi connectivity index (χ4n) is 1.99. The van der Waals surface area contributed by atoms with E-state index in [0.717, 1.165) is 30.0 Å². The van der Waals surface area contributed by atoms with Crippen molar-refractivity contribution in [3.63, 3.8) is 0 Å². The molecule has 0 radical (unpaired) electrons. The second-order valence-electron chi connectivity index (χ2n) is 4.87. The largest absolute Gasteiger partial charge is 0.384 e. The highest BCUT2D eigenvalue weighted by Crippen LogP contribution is 2.20. The molecular weight excluding hydrogens is 264 g/mol. The van der Waals surface area contributed by atoms with Gasteiger partial charge in [0, 0.05) is 31.7 Å². The van der Waals surface area contributed by atoms with Crippen LogP contribution in [-0.2, 0) is 0 Å². The summed E-state index contributed by atoms with van der Waals surface area (Å²) in [4.78, 5) is 22.5. The van der Waals surface area contributed by atoms with Crippen molar-refractivity contribution in [2.45, 2.75) is 20.3 Å². The summed E-state index contributed by atoms with van der Waals surface area (Å²) in [6, 6.07) is 5.56. The minimum absolute atomic E-state index is 0.103. The normalized spacial score (nSPS) is 10.2. The Kier molecular flexibility index (Phi) is 4.87. The lowest BCUT2D eigenvalue weighted by Crippen LogP contribution is -2.27. The lowest BCUT2D eigenvalue weighted by Gasteiger charge is -2.19. The first-order valence-corrected chi connectivity index (χ1v) is 7.02. The molecule has 1 amide bonds. The number of hydrogen-bond donors (Lipinski definition) is 1. The van der Waals surface area contributed by atoms with Gasteiger partial charge < -0.3 is 10.2 Å². The zero-order valence-electron chi connectivity index (χ0n) is 12.6. The Balaban J connectivity index is 2.30. The van der Waals surface area contributed by atoms with Gasteiger partial charge in [-0.25, -0.2) is 0 Å². The highest BCUT2D eigenvalue weighted by molar-refractivity contribution is 6.09. The molecule has 5 nitrogen and oxygen atoms in total. The van der Waals surface area contributed by atoms with Crippen molar-refractivity contribution in [2.75, 3.05) is 23.8 Å². The van der Waals surface area contributed by atoms with Crippen LogP contribution in [0.15, 0.2) is 36.8 Å². The fraction of sp³-hybridized carbons (Fsp3) is 0.312. The molecule has 2 aromatic rings. The van der Waals surface area contributed by atoms with Crippen LogP contribution >= 0.6 is 0 Å². The maximum Gasteiger partial charge on any atom is 0.261 e. The second-order valence-corrected chi connectivity index (χ2v) is 4.87. The zero-order chi connectivity index (χ0) is 15.2. The number of amides is 1. The summed E-state index contributed by atoms with van der Waals surface area (Å²) < 4.78 is 0. The van der Waals surface area contributed by atoms with Gasteiger partial charge >= 0.3 is 0 Å². The SMILES string of the molecule is CCCNc1cc(C)ncc1C(=O)N(C)c1cccnc1. The average molecular weight is 284 g/mol. The summed E-state index contributed by atoms with van der Waals surface area (Å²) in [5, 5.41) is 3.29. The summed E-state index contributed by atoms with van der Waals surface area (Å²) in [5.41, 5.74) is 3.03. The molecule has 0 spiro atoms. The number of carbonyl (C=O) groups excluding carboxylic acids is 1. The molecular formula is C16H20N4O. The van der Waals surface area contributed by atoms with Gasteiger partial charge in [0.25, 0.3) is 5.91 Å². The van der Waals surface area contributed by atoms with E-state index >= 15 is 0 Å². The van der Waals surface area contributed by atoms with Crippen molar-refractivity contribution >= 4 is 17.3 Å². The summed E-state index contributed by atoms with van der Waals surface area (Å²) in [6.45, 7) is 4.82. The Morgan fingerprint density at radius 2 is 2.19 bits per heavy atom. The molecule has 2 aromatic heterocycles. The summed E-state index contributed by atoms with van der Waals surface area (Å²) in [7, 11) is 1.74. The van der Waals surface area contributed by atoms with Crippen molar-refractivity contribution < 1.29 is 4.79 Å². The highest BCUT2D eigenvalue weighted by Gasteiger charge is 2.18. The Hall–Kier alpha value is -2.43. The van der Waals surface area contributed by atoms with E-state index in [2.05, 4.69) is 22.2 Å². The Bertz CT molecular complexity index is 613. The summed E-state index contributed by atoms with van der Waals surface area (Å²) in [6.07, 6.45) is 5.97. The molecule has 110 valence electrons. The van der Waals surface area contributed by atoms with Gasteiger partial charge in [-0.15, -0.1) is 0 Å². The van der Waals surface area contributed by atoms with Crippen LogP contribution in [0, 0.1) is 6.92 Å². The predicted octanol–water partition coefficient (Wildman–Crippen LogP) is 2.88. The van der Waals surface area contributed by atoms with Crippen LogP contribution < -0.4 is 10.2 Å². The number of carbonyl (C=O) groups is 1. The Morgan fingerprint density at radius 1 is 1.38 bits per heavy atom. The van der Waals surface area contributed by atoms with E-state index < -0.39 is 0 Å². The summed E-state index contributed by atoms with van der Waals surface area (Å²) >= 11 is 0. The van der Waals surface area contributed by atoms with E-state index in [1.165, 1.54) is 0 Å². The number of hydrogen-bond acceptors (Lipinski definition) is 4. The van der Waals surface area contributed by atoms with Gasteiger partial charge in [0.05, 0.1) is 23.1 Å². The van der Waals surface area contributed by atoms with Gasteiger partial charge in [0.15, 0.2) is 0 Å². The number of rotatable bonds is 5.